The minimum Gasteiger partial charge on any atom is -0.330 e. The Morgan fingerprint density at radius 3 is 2.17 bits per heavy atom. The molecule has 3 rings (SSSR count). The van der Waals surface area contributed by atoms with Crippen molar-refractivity contribution in [1.29, 1.82) is 0 Å². The maximum Gasteiger partial charge on any atom is 0.243 e. The smallest absolute Gasteiger partial charge is 0.243 e. The number of halogens is 1. The summed E-state index contributed by atoms with van der Waals surface area (Å²) in [4.78, 5) is 1.75. The molecule has 23 heavy (non-hydrogen) atoms. The lowest BCUT2D eigenvalue weighted by Crippen LogP contribution is -3.18. The fraction of sp³-hybridized carbons (Fsp3) is 0.647. The summed E-state index contributed by atoms with van der Waals surface area (Å²) in [6, 6.07) is 5.82. The molecule has 4 nitrogen and oxygen atoms in total. The molecule has 1 aliphatic heterocycles. The third-order valence-corrected chi connectivity index (χ3v) is 7.32. The minimum atomic E-state index is -3.49. The van der Waals surface area contributed by atoms with Crippen LogP contribution in [-0.2, 0) is 10.0 Å². The number of piperazine rings is 1. The van der Waals surface area contributed by atoms with E-state index in [0.29, 0.717) is 19.1 Å². The molecule has 1 saturated carbocycles. The quantitative estimate of drug-likeness (QED) is 0.900. The zero-order valence-corrected chi connectivity index (χ0v) is 14.5. The van der Waals surface area contributed by atoms with Gasteiger partial charge in [-0.3, -0.25) is 0 Å². The van der Waals surface area contributed by atoms with Crippen LogP contribution in [0.2, 0.25) is 0 Å². The van der Waals surface area contributed by atoms with Crippen molar-refractivity contribution in [3.05, 3.63) is 30.1 Å². The molecule has 1 N–H and O–H groups in total. The number of quaternary nitrogens is 1. The van der Waals surface area contributed by atoms with Crippen LogP contribution in [0.5, 0.6) is 0 Å². The third kappa shape index (κ3) is 3.75. The average molecular weight is 341 g/mol. The normalized spacial score (nSPS) is 27.9. The molecule has 1 heterocycles. The van der Waals surface area contributed by atoms with Crippen molar-refractivity contribution in [2.24, 2.45) is 5.92 Å². The van der Waals surface area contributed by atoms with Crippen LogP contribution < -0.4 is 4.90 Å². The van der Waals surface area contributed by atoms with E-state index in [2.05, 4.69) is 6.92 Å². The molecule has 0 amide bonds. The topological polar surface area (TPSA) is 41.8 Å². The highest BCUT2D eigenvalue weighted by Crippen LogP contribution is 2.22. The average Bonchev–Trinajstić information content (AvgIpc) is 2.56. The lowest BCUT2D eigenvalue weighted by atomic mass is 9.86. The number of sulfonamides is 1. The Morgan fingerprint density at radius 1 is 1.04 bits per heavy atom. The molecule has 128 valence electrons. The third-order valence-electron chi connectivity index (χ3n) is 5.41. The number of hydrogen-bond donors (Lipinski definition) is 1. The van der Waals surface area contributed by atoms with E-state index in [1.165, 1.54) is 49.9 Å². The predicted octanol–water partition coefficient (Wildman–Crippen LogP) is 1.29. The van der Waals surface area contributed by atoms with Crippen molar-refractivity contribution >= 4 is 10.0 Å². The van der Waals surface area contributed by atoms with E-state index < -0.39 is 15.8 Å². The molecule has 0 spiro atoms. The lowest BCUT2D eigenvalue weighted by Gasteiger charge is -2.38. The second kappa shape index (κ2) is 6.87. The van der Waals surface area contributed by atoms with Gasteiger partial charge in [0.25, 0.3) is 0 Å². The predicted molar refractivity (Wildman–Crippen MR) is 87.3 cm³/mol. The van der Waals surface area contributed by atoms with Crippen LogP contribution in [0, 0.1) is 11.7 Å². The second-order valence-electron chi connectivity index (χ2n) is 6.97. The zero-order valence-electron chi connectivity index (χ0n) is 13.7. The maximum atomic E-state index is 13.0. The Bertz CT molecular complexity index is 616. The molecule has 0 unspecified atom stereocenters. The number of benzene rings is 1. The van der Waals surface area contributed by atoms with Crippen molar-refractivity contribution in [3.8, 4) is 0 Å². The Hall–Kier alpha value is -0.980. The van der Waals surface area contributed by atoms with Crippen molar-refractivity contribution < 1.29 is 17.7 Å². The zero-order chi connectivity index (χ0) is 16.4. The largest absolute Gasteiger partial charge is 0.330 e. The number of nitrogens with one attached hydrogen (secondary N) is 1. The standard InChI is InChI=1S/C17H25FN2O2S/c1-14-2-6-16(7-3-14)19-10-12-20(13-11-19)23(21,22)17-8-4-15(18)5-9-17/h4-5,8-9,14,16H,2-3,6-7,10-13H2,1H3/p+1. The van der Waals surface area contributed by atoms with Crippen LogP contribution in [0.15, 0.2) is 29.2 Å². The van der Waals surface area contributed by atoms with E-state index in [1.807, 2.05) is 0 Å². The summed E-state index contributed by atoms with van der Waals surface area (Å²) in [5.41, 5.74) is 0. The van der Waals surface area contributed by atoms with Crippen molar-refractivity contribution in [2.45, 2.75) is 43.5 Å². The Labute approximate surface area is 138 Å². The van der Waals surface area contributed by atoms with E-state index in [0.717, 1.165) is 19.0 Å². The van der Waals surface area contributed by atoms with Gasteiger partial charge >= 0.3 is 0 Å². The van der Waals surface area contributed by atoms with Gasteiger partial charge in [0, 0.05) is 0 Å². The number of rotatable bonds is 3. The summed E-state index contributed by atoms with van der Waals surface area (Å²) in [7, 11) is -3.49. The van der Waals surface area contributed by atoms with Crippen LogP contribution in [-0.4, -0.2) is 44.9 Å². The van der Waals surface area contributed by atoms with Gasteiger partial charge in [-0.15, -0.1) is 0 Å². The van der Waals surface area contributed by atoms with Gasteiger partial charge in [0.1, 0.15) is 5.82 Å². The second-order valence-corrected chi connectivity index (χ2v) is 8.91. The van der Waals surface area contributed by atoms with Gasteiger partial charge in [0.15, 0.2) is 0 Å². The van der Waals surface area contributed by atoms with Crippen LogP contribution in [0.3, 0.4) is 0 Å². The fourth-order valence-electron chi connectivity index (χ4n) is 3.85. The van der Waals surface area contributed by atoms with Crippen molar-refractivity contribution in [2.75, 3.05) is 26.2 Å². The first-order chi connectivity index (χ1) is 11.0. The van der Waals surface area contributed by atoms with Crippen LogP contribution in [0.4, 0.5) is 4.39 Å². The molecule has 0 atom stereocenters. The van der Waals surface area contributed by atoms with E-state index >= 15 is 0 Å². The highest BCUT2D eigenvalue weighted by atomic mass is 32.2. The van der Waals surface area contributed by atoms with E-state index in [4.69, 9.17) is 0 Å². The minimum absolute atomic E-state index is 0.189. The Morgan fingerprint density at radius 2 is 1.61 bits per heavy atom. The van der Waals surface area contributed by atoms with Crippen molar-refractivity contribution in [3.63, 3.8) is 0 Å². The first kappa shape index (κ1) is 16.9. The van der Waals surface area contributed by atoms with Gasteiger partial charge in [-0.25, -0.2) is 12.8 Å². The molecule has 0 aromatic heterocycles. The SMILES string of the molecule is CC1CCC([NH+]2CCN(S(=O)(=O)c3ccc(F)cc3)CC2)CC1. The highest BCUT2D eigenvalue weighted by molar-refractivity contribution is 7.89. The first-order valence-electron chi connectivity index (χ1n) is 8.57. The van der Waals surface area contributed by atoms with Gasteiger partial charge in [0.2, 0.25) is 10.0 Å². The van der Waals surface area contributed by atoms with Crippen LogP contribution in [0.1, 0.15) is 32.6 Å². The summed E-state index contributed by atoms with van der Waals surface area (Å²) in [6.07, 6.45) is 5.12. The van der Waals surface area contributed by atoms with Crippen LogP contribution >= 0.6 is 0 Å². The number of hydrogen-bond acceptors (Lipinski definition) is 2. The van der Waals surface area contributed by atoms with Gasteiger partial charge in [-0.1, -0.05) is 6.92 Å². The molecular formula is C17H26FN2O2S+. The molecular weight excluding hydrogens is 315 g/mol. The van der Waals surface area contributed by atoms with E-state index in [-0.39, 0.29) is 4.90 Å². The summed E-state index contributed by atoms with van der Waals surface area (Å²) in [6.45, 7) is 5.18. The maximum absolute atomic E-state index is 13.0. The van der Waals surface area contributed by atoms with Crippen LogP contribution in [0.25, 0.3) is 0 Å². The van der Waals surface area contributed by atoms with E-state index in [9.17, 15) is 12.8 Å². The summed E-state index contributed by atoms with van der Waals surface area (Å²) < 4.78 is 39.8. The monoisotopic (exact) mass is 341 g/mol. The number of nitrogens with zero attached hydrogens (tertiary/aromatic N) is 1. The lowest BCUT2D eigenvalue weighted by molar-refractivity contribution is -0.930. The van der Waals surface area contributed by atoms with Gasteiger partial charge in [-0.2, -0.15) is 4.31 Å². The summed E-state index contributed by atoms with van der Waals surface area (Å²) in [5, 5.41) is 0. The molecule has 1 aliphatic carbocycles. The molecule has 2 aliphatic rings. The molecule has 1 saturated heterocycles. The molecule has 1 aromatic rings. The fourth-order valence-corrected chi connectivity index (χ4v) is 5.29. The molecule has 0 bridgehead atoms. The molecule has 6 heteroatoms. The Balaban J connectivity index is 1.61. The summed E-state index contributed by atoms with van der Waals surface area (Å²) in [5.74, 6) is 0.426. The van der Waals surface area contributed by atoms with Gasteiger partial charge in [-0.05, 0) is 55.9 Å². The molecule has 0 radical (unpaired) electrons. The Kier molecular flexibility index (Phi) is 5.04. The van der Waals surface area contributed by atoms with Crippen molar-refractivity contribution in [1.82, 2.24) is 4.31 Å². The first-order valence-corrected chi connectivity index (χ1v) is 10.0. The van der Waals surface area contributed by atoms with E-state index in [1.54, 1.807) is 9.21 Å². The van der Waals surface area contributed by atoms with Gasteiger partial charge < -0.3 is 4.90 Å². The highest BCUT2D eigenvalue weighted by Gasteiger charge is 2.34. The molecule has 1 aromatic carbocycles. The summed E-state index contributed by atoms with van der Waals surface area (Å²) >= 11 is 0. The molecule has 2 fully saturated rings. The van der Waals surface area contributed by atoms with Gasteiger partial charge in [0.05, 0.1) is 37.1 Å².